The van der Waals surface area contributed by atoms with Crippen LogP contribution >= 0.6 is 0 Å². The van der Waals surface area contributed by atoms with E-state index in [1.165, 1.54) is 12.3 Å². The third-order valence-electron chi connectivity index (χ3n) is 4.42. The highest BCUT2D eigenvalue weighted by molar-refractivity contribution is 7.93. The molecule has 1 heterocycles. The van der Waals surface area contributed by atoms with E-state index in [4.69, 9.17) is 4.74 Å². The molecule has 2 aromatic rings. The van der Waals surface area contributed by atoms with Gasteiger partial charge in [0, 0.05) is 30.3 Å². The van der Waals surface area contributed by atoms with E-state index >= 15 is 0 Å². The number of para-hydroxylation sites is 1. The number of hydrogen-bond donors (Lipinski definition) is 1. The zero-order chi connectivity index (χ0) is 20.0. The van der Waals surface area contributed by atoms with Crippen LogP contribution in [0.25, 0.3) is 0 Å². The molecule has 1 saturated carbocycles. The van der Waals surface area contributed by atoms with Gasteiger partial charge in [-0.15, -0.1) is 0 Å². The lowest BCUT2D eigenvalue weighted by Crippen LogP contribution is -2.25. The van der Waals surface area contributed by atoms with Gasteiger partial charge in [0.15, 0.2) is 9.84 Å². The van der Waals surface area contributed by atoms with E-state index in [1.807, 2.05) is 18.2 Å². The average molecular weight is 401 g/mol. The summed E-state index contributed by atoms with van der Waals surface area (Å²) >= 11 is 0. The summed E-state index contributed by atoms with van der Waals surface area (Å²) < 4.78 is 28.1. The normalized spacial score (nSPS) is 15.0. The number of hydrogen-bond acceptors (Lipinski definition) is 6. The minimum Gasteiger partial charge on any atom is -0.438 e. The molecule has 0 saturated heterocycles. The molecule has 0 spiro atoms. The van der Waals surface area contributed by atoms with Crippen LogP contribution in [0.5, 0.6) is 11.6 Å². The van der Waals surface area contributed by atoms with Crippen LogP contribution in [0.3, 0.4) is 0 Å². The molecule has 28 heavy (non-hydrogen) atoms. The van der Waals surface area contributed by atoms with Gasteiger partial charge < -0.3 is 10.1 Å². The third kappa shape index (κ3) is 5.63. The highest BCUT2D eigenvalue weighted by atomic mass is 32.2. The molecular weight excluding hydrogens is 378 g/mol. The first kappa shape index (κ1) is 20.0. The first-order chi connectivity index (χ1) is 13.4. The van der Waals surface area contributed by atoms with Gasteiger partial charge in [-0.05, 0) is 25.0 Å². The molecule has 0 aliphatic heterocycles. The fourth-order valence-corrected chi connectivity index (χ4v) is 3.51. The Morgan fingerprint density at radius 2 is 1.96 bits per heavy atom. The molecule has 1 fully saturated rings. The summed E-state index contributed by atoms with van der Waals surface area (Å²) in [6, 6.07) is 9.12. The molecule has 3 rings (SSSR count). The monoisotopic (exact) mass is 401 g/mol. The average Bonchev–Trinajstić information content (AvgIpc) is 3.20. The molecule has 0 radical (unpaired) electrons. The second kappa shape index (κ2) is 8.97. The van der Waals surface area contributed by atoms with Crippen LogP contribution in [-0.2, 0) is 9.84 Å². The van der Waals surface area contributed by atoms with Crippen molar-refractivity contribution in [1.82, 2.24) is 15.3 Å². The molecule has 0 atom stereocenters. The van der Waals surface area contributed by atoms with Gasteiger partial charge in [-0.2, -0.15) is 4.98 Å². The Morgan fingerprint density at radius 1 is 1.25 bits per heavy atom. The largest absolute Gasteiger partial charge is 0.438 e. The summed E-state index contributed by atoms with van der Waals surface area (Å²) in [6.45, 7) is 0.0705. The van der Waals surface area contributed by atoms with Crippen molar-refractivity contribution >= 4 is 15.7 Å². The van der Waals surface area contributed by atoms with E-state index in [0.717, 1.165) is 37.3 Å². The first-order valence-electron chi connectivity index (χ1n) is 9.17. The third-order valence-corrected chi connectivity index (χ3v) is 5.11. The van der Waals surface area contributed by atoms with Crippen LogP contribution < -0.4 is 10.1 Å². The Bertz CT molecular complexity index is 953. The number of ether oxygens (including phenoxy) is 1. The number of rotatable bonds is 7. The SMILES string of the molecule is CS(=O)(=O)C=CCNC(=O)c1cnc(C2CCCC2)nc1Oc1ccccc1. The number of aromatic nitrogens is 2. The Balaban J connectivity index is 1.81. The van der Waals surface area contributed by atoms with Gasteiger partial charge in [0.1, 0.15) is 17.1 Å². The molecule has 7 nitrogen and oxygen atoms in total. The van der Waals surface area contributed by atoms with Gasteiger partial charge in [-0.1, -0.05) is 37.1 Å². The Kier molecular flexibility index (Phi) is 6.41. The lowest BCUT2D eigenvalue weighted by Gasteiger charge is -2.13. The number of carbonyl (C=O) groups is 1. The van der Waals surface area contributed by atoms with E-state index in [0.29, 0.717) is 11.6 Å². The molecule has 1 aromatic heterocycles. The molecule has 1 aliphatic rings. The molecule has 0 unspecified atom stereocenters. The number of amides is 1. The quantitative estimate of drug-likeness (QED) is 0.765. The van der Waals surface area contributed by atoms with Crippen LogP contribution in [0.15, 0.2) is 48.0 Å². The Labute approximate surface area is 164 Å². The van der Waals surface area contributed by atoms with Crippen molar-refractivity contribution in [3.63, 3.8) is 0 Å². The second-order valence-corrected chi connectivity index (χ2v) is 8.69. The molecule has 1 aliphatic carbocycles. The molecule has 1 N–H and O–H groups in total. The number of nitrogens with one attached hydrogen (secondary N) is 1. The number of benzene rings is 1. The minimum absolute atomic E-state index is 0.0705. The Hall–Kier alpha value is -2.74. The summed E-state index contributed by atoms with van der Waals surface area (Å²) in [7, 11) is -3.23. The van der Waals surface area contributed by atoms with Gasteiger partial charge in [-0.3, -0.25) is 4.79 Å². The number of carbonyl (C=O) groups excluding carboxylic acids is 1. The first-order valence-corrected chi connectivity index (χ1v) is 11.1. The topological polar surface area (TPSA) is 98.2 Å². The van der Waals surface area contributed by atoms with E-state index in [1.54, 1.807) is 12.1 Å². The highest BCUT2D eigenvalue weighted by Gasteiger charge is 2.23. The van der Waals surface area contributed by atoms with E-state index in [-0.39, 0.29) is 23.9 Å². The molecule has 148 valence electrons. The lowest BCUT2D eigenvalue weighted by molar-refractivity contribution is 0.0954. The zero-order valence-corrected chi connectivity index (χ0v) is 16.5. The lowest BCUT2D eigenvalue weighted by atomic mass is 10.1. The van der Waals surface area contributed by atoms with Crippen LogP contribution in [0.2, 0.25) is 0 Å². The summed E-state index contributed by atoms with van der Waals surface area (Å²) in [5.74, 6) is 1.32. The van der Waals surface area contributed by atoms with Gasteiger partial charge >= 0.3 is 0 Å². The van der Waals surface area contributed by atoms with Gasteiger partial charge in [-0.25, -0.2) is 13.4 Å². The van der Waals surface area contributed by atoms with Crippen molar-refractivity contribution < 1.29 is 17.9 Å². The Morgan fingerprint density at radius 3 is 2.64 bits per heavy atom. The number of nitrogens with zero attached hydrogens (tertiary/aromatic N) is 2. The summed E-state index contributed by atoms with van der Waals surface area (Å²) in [4.78, 5) is 21.5. The van der Waals surface area contributed by atoms with Crippen molar-refractivity contribution in [3.05, 3.63) is 59.4 Å². The van der Waals surface area contributed by atoms with E-state index in [2.05, 4.69) is 15.3 Å². The fraction of sp³-hybridized carbons (Fsp3) is 0.350. The predicted octanol–water partition coefficient (Wildman–Crippen LogP) is 3.21. The maximum absolute atomic E-state index is 12.6. The van der Waals surface area contributed by atoms with Gasteiger partial charge in [0.25, 0.3) is 5.91 Å². The standard InChI is InChI=1S/C20H23N3O4S/c1-28(25,26)13-7-12-21-19(24)17-14-22-18(15-8-5-6-9-15)23-20(17)27-16-10-3-2-4-11-16/h2-4,7,10-11,13-15H,5-6,8-9,12H2,1H3,(H,21,24). The van der Waals surface area contributed by atoms with Crippen LogP contribution in [0.1, 0.15) is 47.8 Å². The zero-order valence-electron chi connectivity index (χ0n) is 15.7. The fourth-order valence-electron chi connectivity index (χ4n) is 3.06. The number of sulfone groups is 1. The summed E-state index contributed by atoms with van der Waals surface area (Å²) in [5, 5.41) is 3.69. The van der Waals surface area contributed by atoms with Crippen molar-refractivity contribution in [2.45, 2.75) is 31.6 Å². The van der Waals surface area contributed by atoms with Gasteiger partial charge in [0.05, 0.1) is 0 Å². The highest BCUT2D eigenvalue weighted by Crippen LogP contribution is 2.33. The molecular formula is C20H23N3O4S. The second-order valence-electron chi connectivity index (χ2n) is 6.75. The minimum atomic E-state index is -3.23. The predicted molar refractivity (Wildman–Crippen MR) is 106 cm³/mol. The summed E-state index contributed by atoms with van der Waals surface area (Å²) in [5.41, 5.74) is 0.207. The van der Waals surface area contributed by atoms with Gasteiger partial charge in [0.2, 0.25) is 5.88 Å². The maximum Gasteiger partial charge on any atom is 0.258 e. The maximum atomic E-state index is 12.6. The van der Waals surface area contributed by atoms with E-state index in [9.17, 15) is 13.2 Å². The molecule has 1 aromatic carbocycles. The van der Waals surface area contributed by atoms with E-state index < -0.39 is 15.7 Å². The van der Waals surface area contributed by atoms with Crippen LogP contribution in [-0.4, -0.2) is 37.1 Å². The van der Waals surface area contributed by atoms with Crippen LogP contribution in [0, 0.1) is 0 Å². The van der Waals surface area contributed by atoms with Crippen LogP contribution in [0.4, 0.5) is 0 Å². The molecule has 1 amide bonds. The smallest absolute Gasteiger partial charge is 0.258 e. The molecule has 8 heteroatoms. The summed E-state index contributed by atoms with van der Waals surface area (Å²) in [6.07, 6.45) is 8.31. The molecule has 0 bridgehead atoms. The van der Waals surface area contributed by atoms with Crippen molar-refractivity contribution in [2.75, 3.05) is 12.8 Å². The van der Waals surface area contributed by atoms with Crippen molar-refractivity contribution in [1.29, 1.82) is 0 Å². The van der Waals surface area contributed by atoms with Crippen molar-refractivity contribution in [2.24, 2.45) is 0 Å². The van der Waals surface area contributed by atoms with Crippen molar-refractivity contribution in [3.8, 4) is 11.6 Å².